The van der Waals surface area contributed by atoms with Crippen molar-refractivity contribution in [3.63, 3.8) is 0 Å². The molecule has 1 rings (SSSR count). The van der Waals surface area contributed by atoms with E-state index in [1.807, 2.05) is 19.9 Å². The van der Waals surface area contributed by atoms with E-state index in [4.69, 9.17) is 5.73 Å². The lowest BCUT2D eigenvalue weighted by atomic mass is 10.0. The van der Waals surface area contributed by atoms with Crippen LogP contribution < -0.4 is 10.6 Å². The van der Waals surface area contributed by atoms with Crippen molar-refractivity contribution >= 4 is 5.69 Å². The van der Waals surface area contributed by atoms with Crippen molar-refractivity contribution in [1.29, 1.82) is 0 Å². The summed E-state index contributed by atoms with van der Waals surface area (Å²) >= 11 is 0. The fourth-order valence-corrected chi connectivity index (χ4v) is 2.37. The second-order valence-electron chi connectivity index (χ2n) is 5.64. The smallest absolute Gasteiger partial charge is 0.126 e. The minimum absolute atomic E-state index is 0.147. The number of nitrogens with zero attached hydrogens (tertiary/aromatic N) is 1. The Labute approximate surface area is 123 Å². The molecule has 20 heavy (non-hydrogen) atoms. The Hall–Kier alpha value is -1.09. The Kier molecular flexibility index (Phi) is 7.00. The Balaban J connectivity index is 3.11. The van der Waals surface area contributed by atoms with Crippen molar-refractivity contribution in [3.05, 3.63) is 29.1 Å². The van der Waals surface area contributed by atoms with Crippen molar-refractivity contribution in [1.82, 2.24) is 0 Å². The van der Waals surface area contributed by atoms with Crippen LogP contribution in [-0.4, -0.2) is 13.1 Å². The van der Waals surface area contributed by atoms with Gasteiger partial charge in [-0.25, -0.2) is 4.39 Å². The molecule has 0 saturated heterocycles. The molecule has 0 aliphatic carbocycles. The highest BCUT2D eigenvalue weighted by molar-refractivity contribution is 5.57. The maximum atomic E-state index is 13.8. The van der Waals surface area contributed by atoms with Gasteiger partial charge in [-0.3, -0.25) is 0 Å². The first-order valence-corrected chi connectivity index (χ1v) is 7.81. The predicted molar refractivity (Wildman–Crippen MR) is 85.8 cm³/mol. The maximum absolute atomic E-state index is 13.8. The van der Waals surface area contributed by atoms with E-state index >= 15 is 0 Å². The van der Waals surface area contributed by atoms with Gasteiger partial charge in [-0.05, 0) is 49.9 Å². The first kappa shape index (κ1) is 17.0. The lowest BCUT2D eigenvalue weighted by Gasteiger charge is -2.29. The standard InChI is InChI=1S/C17H29FN2/c1-5-7-9-20(10-8-6-2)17-11-13(3)16(18)12-15(17)14(4)19/h11-12,14H,5-10,19H2,1-4H3/t14-/m1/s1. The molecule has 0 saturated carbocycles. The molecule has 0 fully saturated rings. The summed E-state index contributed by atoms with van der Waals surface area (Å²) in [4.78, 5) is 2.37. The Morgan fingerprint density at radius 3 is 2.15 bits per heavy atom. The van der Waals surface area contributed by atoms with Gasteiger partial charge < -0.3 is 10.6 Å². The van der Waals surface area contributed by atoms with Crippen LogP contribution in [0.5, 0.6) is 0 Å². The number of nitrogens with two attached hydrogens (primary N) is 1. The van der Waals surface area contributed by atoms with Gasteiger partial charge in [0.2, 0.25) is 0 Å². The average molecular weight is 280 g/mol. The molecule has 0 aromatic heterocycles. The lowest BCUT2D eigenvalue weighted by Crippen LogP contribution is -2.28. The van der Waals surface area contributed by atoms with Crippen LogP contribution in [0.25, 0.3) is 0 Å². The Morgan fingerprint density at radius 1 is 1.15 bits per heavy atom. The van der Waals surface area contributed by atoms with Crippen LogP contribution in [0.4, 0.5) is 10.1 Å². The molecule has 0 bridgehead atoms. The zero-order chi connectivity index (χ0) is 15.1. The normalized spacial score (nSPS) is 12.5. The Morgan fingerprint density at radius 2 is 1.70 bits per heavy atom. The van der Waals surface area contributed by atoms with Gasteiger partial charge in [0.15, 0.2) is 0 Å². The highest BCUT2D eigenvalue weighted by atomic mass is 19.1. The number of benzene rings is 1. The summed E-state index contributed by atoms with van der Waals surface area (Å²) in [6, 6.07) is 3.42. The van der Waals surface area contributed by atoms with Crippen LogP contribution >= 0.6 is 0 Å². The third-order valence-electron chi connectivity index (χ3n) is 3.70. The van der Waals surface area contributed by atoms with Crippen LogP contribution in [0.1, 0.15) is 63.6 Å². The number of hydrogen-bond donors (Lipinski definition) is 1. The van der Waals surface area contributed by atoms with Crippen molar-refractivity contribution in [2.75, 3.05) is 18.0 Å². The minimum Gasteiger partial charge on any atom is -0.371 e. The second kappa shape index (κ2) is 8.25. The molecule has 1 aromatic carbocycles. The zero-order valence-electron chi connectivity index (χ0n) is 13.4. The summed E-state index contributed by atoms with van der Waals surface area (Å²) in [5.74, 6) is -0.160. The van der Waals surface area contributed by atoms with E-state index in [-0.39, 0.29) is 11.9 Å². The van der Waals surface area contributed by atoms with Crippen LogP contribution in [0.2, 0.25) is 0 Å². The van der Waals surface area contributed by atoms with Crippen molar-refractivity contribution in [2.45, 2.75) is 59.4 Å². The predicted octanol–water partition coefficient (Wildman–Crippen LogP) is 4.56. The topological polar surface area (TPSA) is 29.3 Å². The third kappa shape index (κ3) is 4.48. The molecular formula is C17H29FN2. The first-order valence-electron chi connectivity index (χ1n) is 7.81. The van der Waals surface area contributed by atoms with E-state index < -0.39 is 0 Å². The maximum Gasteiger partial charge on any atom is 0.126 e. The van der Waals surface area contributed by atoms with E-state index in [0.29, 0.717) is 5.56 Å². The van der Waals surface area contributed by atoms with Gasteiger partial charge in [0.1, 0.15) is 5.82 Å². The van der Waals surface area contributed by atoms with Crippen molar-refractivity contribution in [2.24, 2.45) is 5.73 Å². The fourth-order valence-electron chi connectivity index (χ4n) is 2.37. The molecule has 1 aromatic rings. The van der Waals surface area contributed by atoms with Crippen molar-refractivity contribution in [3.8, 4) is 0 Å². The molecule has 2 N–H and O–H groups in total. The molecule has 0 heterocycles. The largest absolute Gasteiger partial charge is 0.371 e. The molecular weight excluding hydrogens is 251 g/mol. The highest BCUT2D eigenvalue weighted by Gasteiger charge is 2.16. The Bertz CT molecular complexity index is 408. The van der Waals surface area contributed by atoms with E-state index in [2.05, 4.69) is 18.7 Å². The number of anilines is 1. The summed E-state index contributed by atoms with van der Waals surface area (Å²) in [5.41, 5.74) is 8.76. The molecule has 1 atom stereocenters. The SMILES string of the molecule is CCCCN(CCCC)c1cc(C)c(F)cc1[C@@H](C)N. The number of halogens is 1. The highest BCUT2D eigenvalue weighted by Crippen LogP contribution is 2.29. The van der Waals surface area contributed by atoms with Crippen LogP contribution in [0, 0.1) is 12.7 Å². The first-order chi connectivity index (χ1) is 9.51. The molecule has 114 valence electrons. The second-order valence-corrected chi connectivity index (χ2v) is 5.64. The van der Waals surface area contributed by atoms with E-state index in [0.717, 1.165) is 50.0 Å². The monoisotopic (exact) mass is 280 g/mol. The van der Waals surface area contributed by atoms with Gasteiger partial charge in [-0.1, -0.05) is 26.7 Å². The van der Waals surface area contributed by atoms with Crippen LogP contribution in [0.3, 0.4) is 0 Å². The minimum atomic E-state index is -0.160. The van der Waals surface area contributed by atoms with Crippen LogP contribution in [0.15, 0.2) is 12.1 Å². The van der Waals surface area contributed by atoms with E-state index in [1.165, 1.54) is 0 Å². The summed E-state index contributed by atoms with van der Waals surface area (Å²) in [6.07, 6.45) is 4.63. The number of hydrogen-bond acceptors (Lipinski definition) is 2. The lowest BCUT2D eigenvalue weighted by molar-refractivity contribution is 0.610. The number of rotatable bonds is 8. The molecule has 0 aliphatic heterocycles. The fraction of sp³-hybridized carbons (Fsp3) is 0.647. The van der Waals surface area contributed by atoms with Crippen molar-refractivity contribution < 1.29 is 4.39 Å². The molecule has 2 nitrogen and oxygen atoms in total. The summed E-state index contributed by atoms with van der Waals surface area (Å²) in [7, 11) is 0. The van der Waals surface area contributed by atoms with E-state index in [1.54, 1.807) is 6.07 Å². The van der Waals surface area contributed by atoms with Gasteiger partial charge in [0.25, 0.3) is 0 Å². The zero-order valence-corrected chi connectivity index (χ0v) is 13.4. The van der Waals surface area contributed by atoms with Gasteiger partial charge in [0.05, 0.1) is 0 Å². The quantitative estimate of drug-likeness (QED) is 0.756. The number of unbranched alkanes of at least 4 members (excludes halogenated alkanes) is 2. The van der Waals surface area contributed by atoms with Crippen LogP contribution in [-0.2, 0) is 0 Å². The summed E-state index contributed by atoms with van der Waals surface area (Å²) in [5, 5.41) is 0. The van der Waals surface area contributed by atoms with E-state index in [9.17, 15) is 4.39 Å². The molecule has 0 spiro atoms. The van der Waals surface area contributed by atoms with Gasteiger partial charge in [-0.15, -0.1) is 0 Å². The van der Waals surface area contributed by atoms with Gasteiger partial charge in [-0.2, -0.15) is 0 Å². The van der Waals surface area contributed by atoms with Gasteiger partial charge in [0, 0.05) is 24.8 Å². The molecule has 0 amide bonds. The molecule has 0 radical (unpaired) electrons. The number of aryl methyl sites for hydroxylation is 1. The summed E-state index contributed by atoms with van der Waals surface area (Å²) < 4.78 is 13.8. The third-order valence-corrected chi connectivity index (χ3v) is 3.70. The summed E-state index contributed by atoms with van der Waals surface area (Å²) in [6.45, 7) is 10.2. The molecule has 3 heteroatoms. The molecule has 0 aliphatic rings. The average Bonchev–Trinajstić information content (AvgIpc) is 2.41. The molecule has 0 unspecified atom stereocenters. The van der Waals surface area contributed by atoms with Gasteiger partial charge >= 0.3 is 0 Å².